The maximum Gasteiger partial charge on any atom is 0.289 e. The van der Waals surface area contributed by atoms with Crippen LogP contribution in [0, 0.1) is 17.6 Å². The lowest BCUT2D eigenvalue weighted by Crippen LogP contribution is -2.48. The molecule has 0 radical (unpaired) electrons. The van der Waals surface area contributed by atoms with E-state index in [1.807, 2.05) is 29.2 Å². The van der Waals surface area contributed by atoms with Crippen LogP contribution in [-0.2, 0) is 11.3 Å². The number of hydrogen-bond acceptors (Lipinski definition) is 5. The second-order valence-electron chi connectivity index (χ2n) is 11.0. The van der Waals surface area contributed by atoms with Crippen LogP contribution in [0.3, 0.4) is 0 Å². The van der Waals surface area contributed by atoms with Gasteiger partial charge in [0.05, 0.1) is 19.3 Å². The Balaban J connectivity index is 1.21. The van der Waals surface area contributed by atoms with Crippen LogP contribution in [0.1, 0.15) is 52.7 Å². The third kappa shape index (κ3) is 5.38. The Labute approximate surface area is 228 Å². The molecule has 0 bridgehead atoms. The van der Waals surface area contributed by atoms with Crippen molar-refractivity contribution in [3.05, 3.63) is 94.9 Å². The molecule has 0 aliphatic carbocycles. The Kier molecular flexibility index (Phi) is 7.51. The fourth-order valence-electron chi connectivity index (χ4n) is 6.65. The SMILES string of the molecule is CC(c1ccc(C(=O)N2CC[C@@H]3[C@H](C2)[C@@H](c2ccc(F)cc2F)CN3Cc2ccccc2)o1)N1CCOCC1. The van der Waals surface area contributed by atoms with E-state index in [0.29, 0.717) is 44.2 Å². The molecule has 4 atom stereocenters. The Morgan fingerprint density at radius 3 is 2.56 bits per heavy atom. The first-order valence-corrected chi connectivity index (χ1v) is 13.9. The second kappa shape index (κ2) is 11.2. The average Bonchev–Trinajstić information content (AvgIpc) is 3.59. The highest BCUT2D eigenvalue weighted by molar-refractivity contribution is 5.91. The van der Waals surface area contributed by atoms with E-state index in [9.17, 15) is 9.18 Å². The van der Waals surface area contributed by atoms with E-state index in [1.165, 1.54) is 11.6 Å². The van der Waals surface area contributed by atoms with Crippen molar-refractivity contribution in [2.45, 2.75) is 37.9 Å². The molecule has 1 amide bonds. The van der Waals surface area contributed by atoms with Crippen molar-refractivity contribution in [2.75, 3.05) is 45.9 Å². The van der Waals surface area contributed by atoms with Gasteiger partial charge in [0.15, 0.2) is 5.76 Å². The zero-order valence-electron chi connectivity index (χ0n) is 22.3. The van der Waals surface area contributed by atoms with E-state index in [2.05, 4.69) is 28.9 Å². The molecular formula is C31H35F2N3O3. The van der Waals surface area contributed by atoms with Crippen LogP contribution in [0.25, 0.3) is 0 Å². The van der Waals surface area contributed by atoms with Gasteiger partial charge in [-0.2, -0.15) is 0 Å². The second-order valence-corrected chi connectivity index (χ2v) is 11.0. The number of piperidine rings is 1. The van der Waals surface area contributed by atoms with Crippen LogP contribution in [0.4, 0.5) is 8.78 Å². The van der Waals surface area contributed by atoms with E-state index in [-0.39, 0.29) is 29.8 Å². The predicted molar refractivity (Wildman–Crippen MR) is 143 cm³/mol. The lowest BCUT2D eigenvalue weighted by Gasteiger charge is -2.39. The molecule has 6 nitrogen and oxygen atoms in total. The van der Waals surface area contributed by atoms with Gasteiger partial charge in [-0.15, -0.1) is 0 Å². The molecule has 3 aliphatic rings. The highest BCUT2D eigenvalue weighted by Crippen LogP contribution is 2.43. The number of hydrogen-bond donors (Lipinski definition) is 0. The number of carbonyl (C=O) groups excluding carboxylic acids is 1. The fraction of sp³-hybridized carbons (Fsp3) is 0.452. The summed E-state index contributed by atoms with van der Waals surface area (Å²) >= 11 is 0. The quantitative estimate of drug-likeness (QED) is 0.441. The third-order valence-electron chi connectivity index (χ3n) is 8.76. The van der Waals surface area contributed by atoms with Gasteiger partial charge >= 0.3 is 0 Å². The van der Waals surface area contributed by atoms with Crippen LogP contribution in [0.2, 0.25) is 0 Å². The summed E-state index contributed by atoms with van der Waals surface area (Å²) in [6.07, 6.45) is 0.792. The minimum atomic E-state index is -0.577. The molecule has 0 spiro atoms. The van der Waals surface area contributed by atoms with E-state index in [0.717, 1.165) is 37.9 Å². The monoisotopic (exact) mass is 535 g/mol. The first-order valence-electron chi connectivity index (χ1n) is 13.9. The minimum absolute atomic E-state index is 0.0353. The molecule has 3 aromatic rings. The molecule has 0 N–H and O–H groups in total. The number of furan rings is 1. The van der Waals surface area contributed by atoms with Gasteiger partial charge in [0.25, 0.3) is 5.91 Å². The molecule has 8 heteroatoms. The van der Waals surface area contributed by atoms with Crippen molar-refractivity contribution in [3.8, 4) is 0 Å². The number of carbonyl (C=O) groups is 1. The average molecular weight is 536 g/mol. The Hall–Kier alpha value is -3.07. The van der Waals surface area contributed by atoms with Crippen molar-refractivity contribution >= 4 is 5.91 Å². The molecule has 2 aromatic carbocycles. The van der Waals surface area contributed by atoms with Crippen LogP contribution < -0.4 is 0 Å². The number of halogens is 2. The summed E-state index contributed by atoms with van der Waals surface area (Å²) in [6, 6.07) is 18.1. The molecule has 206 valence electrons. The number of rotatable bonds is 6. The summed E-state index contributed by atoms with van der Waals surface area (Å²) in [4.78, 5) is 20.1. The number of amides is 1. The van der Waals surface area contributed by atoms with Gasteiger partial charge in [-0.05, 0) is 42.7 Å². The zero-order chi connectivity index (χ0) is 26.9. The number of nitrogens with zero attached hydrogens (tertiary/aromatic N) is 3. The lowest BCUT2D eigenvalue weighted by atomic mass is 9.81. The molecule has 4 heterocycles. The molecule has 0 saturated carbocycles. The summed E-state index contributed by atoms with van der Waals surface area (Å²) in [7, 11) is 0. The fourth-order valence-corrected chi connectivity index (χ4v) is 6.65. The molecular weight excluding hydrogens is 500 g/mol. The van der Waals surface area contributed by atoms with Gasteiger partial charge in [0.1, 0.15) is 17.4 Å². The number of benzene rings is 2. The van der Waals surface area contributed by atoms with E-state index >= 15 is 4.39 Å². The van der Waals surface area contributed by atoms with E-state index in [1.54, 1.807) is 12.1 Å². The number of fused-ring (bicyclic) bond motifs is 1. The van der Waals surface area contributed by atoms with E-state index in [4.69, 9.17) is 9.15 Å². The maximum absolute atomic E-state index is 15.0. The van der Waals surface area contributed by atoms with Gasteiger partial charge in [-0.3, -0.25) is 14.6 Å². The Morgan fingerprint density at radius 1 is 1.00 bits per heavy atom. The minimum Gasteiger partial charge on any atom is -0.454 e. The molecule has 3 fully saturated rings. The highest BCUT2D eigenvalue weighted by atomic mass is 19.1. The first kappa shape index (κ1) is 26.2. The predicted octanol–water partition coefficient (Wildman–Crippen LogP) is 5.08. The number of likely N-dealkylation sites (tertiary alicyclic amines) is 2. The number of ether oxygens (including phenoxy) is 1. The smallest absolute Gasteiger partial charge is 0.289 e. The van der Waals surface area contributed by atoms with Crippen LogP contribution in [0.5, 0.6) is 0 Å². The van der Waals surface area contributed by atoms with Crippen molar-refractivity contribution < 1.29 is 22.7 Å². The maximum atomic E-state index is 15.0. The van der Waals surface area contributed by atoms with Gasteiger partial charge in [0, 0.05) is 63.2 Å². The van der Waals surface area contributed by atoms with Gasteiger partial charge in [-0.25, -0.2) is 8.78 Å². The summed E-state index contributed by atoms with van der Waals surface area (Å²) in [6.45, 7) is 7.69. The van der Waals surface area contributed by atoms with Crippen molar-refractivity contribution in [1.82, 2.24) is 14.7 Å². The first-order chi connectivity index (χ1) is 19.0. The van der Waals surface area contributed by atoms with Gasteiger partial charge in [-0.1, -0.05) is 36.4 Å². The Bertz CT molecular complexity index is 1290. The van der Waals surface area contributed by atoms with Crippen molar-refractivity contribution in [3.63, 3.8) is 0 Å². The summed E-state index contributed by atoms with van der Waals surface area (Å²) in [5, 5.41) is 0. The third-order valence-corrected chi connectivity index (χ3v) is 8.76. The largest absolute Gasteiger partial charge is 0.454 e. The highest BCUT2D eigenvalue weighted by Gasteiger charge is 2.47. The standard InChI is InChI=1S/C31H35F2N3O3/c1-21(34-13-15-38-16-14-34)29-9-10-30(39-29)31(37)35-12-11-28-26(20-35)25(24-8-7-23(32)17-27(24)33)19-36(28)18-22-5-3-2-4-6-22/h2-10,17,21,25-26,28H,11-16,18-20H2,1H3/t21?,25-,26-,28-/m1/s1. The summed E-state index contributed by atoms with van der Waals surface area (Å²) in [5.41, 5.74) is 1.73. The van der Waals surface area contributed by atoms with Crippen LogP contribution >= 0.6 is 0 Å². The molecule has 6 rings (SSSR count). The molecule has 39 heavy (non-hydrogen) atoms. The number of morpholine rings is 1. The van der Waals surface area contributed by atoms with Gasteiger partial charge in [0.2, 0.25) is 0 Å². The van der Waals surface area contributed by atoms with Crippen molar-refractivity contribution in [1.29, 1.82) is 0 Å². The van der Waals surface area contributed by atoms with Gasteiger partial charge < -0.3 is 14.1 Å². The normalized spacial score (nSPS) is 25.0. The van der Waals surface area contributed by atoms with Crippen molar-refractivity contribution in [2.24, 2.45) is 5.92 Å². The van der Waals surface area contributed by atoms with Crippen LogP contribution in [0.15, 0.2) is 65.1 Å². The summed E-state index contributed by atoms with van der Waals surface area (Å²) < 4.78 is 40.3. The van der Waals surface area contributed by atoms with Crippen LogP contribution in [-0.4, -0.2) is 72.6 Å². The molecule has 1 unspecified atom stereocenters. The molecule has 1 aromatic heterocycles. The Morgan fingerprint density at radius 2 is 1.79 bits per heavy atom. The zero-order valence-corrected chi connectivity index (χ0v) is 22.3. The molecule has 3 saturated heterocycles. The summed E-state index contributed by atoms with van der Waals surface area (Å²) in [5.74, 6) is -0.211. The van der Waals surface area contributed by atoms with E-state index < -0.39 is 11.6 Å². The lowest BCUT2D eigenvalue weighted by molar-refractivity contribution is 0.0152. The molecule has 3 aliphatic heterocycles. The topological polar surface area (TPSA) is 49.2 Å².